The van der Waals surface area contributed by atoms with E-state index in [4.69, 9.17) is 4.74 Å². The molecule has 0 saturated carbocycles. The van der Waals surface area contributed by atoms with Gasteiger partial charge in [0.05, 0.1) is 19.3 Å². The van der Waals surface area contributed by atoms with Crippen LogP contribution in [0.25, 0.3) is 0 Å². The van der Waals surface area contributed by atoms with E-state index in [0.29, 0.717) is 18.8 Å². The van der Waals surface area contributed by atoms with Crippen molar-refractivity contribution in [1.82, 2.24) is 10.3 Å². The van der Waals surface area contributed by atoms with Gasteiger partial charge < -0.3 is 10.1 Å². The molecule has 1 aliphatic rings. The van der Waals surface area contributed by atoms with Crippen molar-refractivity contribution in [2.24, 2.45) is 0 Å². The number of rotatable bonds is 1. The van der Waals surface area contributed by atoms with Gasteiger partial charge in [-0.15, -0.1) is 0 Å². The molecular formula is C9H11FN2O. The summed E-state index contributed by atoms with van der Waals surface area (Å²) in [4.78, 5) is 3.59. The predicted molar refractivity (Wildman–Crippen MR) is 45.8 cm³/mol. The molecule has 2 heterocycles. The number of hydrogen-bond donors (Lipinski definition) is 1. The summed E-state index contributed by atoms with van der Waals surface area (Å²) in [7, 11) is 0. The maximum absolute atomic E-state index is 13.2. The van der Waals surface area contributed by atoms with Gasteiger partial charge in [0.15, 0.2) is 0 Å². The molecule has 3 nitrogen and oxygen atoms in total. The number of nitrogens with one attached hydrogen (secondary N) is 1. The van der Waals surface area contributed by atoms with Crippen molar-refractivity contribution < 1.29 is 9.13 Å². The summed E-state index contributed by atoms with van der Waals surface area (Å²) in [5.41, 5.74) is 0.585. The third-order valence-electron chi connectivity index (χ3n) is 2.09. The third kappa shape index (κ3) is 1.84. The summed E-state index contributed by atoms with van der Waals surface area (Å²) in [6.45, 7) is 1.97. The van der Waals surface area contributed by atoms with E-state index in [0.717, 1.165) is 6.54 Å². The van der Waals surface area contributed by atoms with Gasteiger partial charge in [0.25, 0.3) is 0 Å². The number of ether oxygens (including phenoxy) is 1. The molecule has 0 aromatic carbocycles. The predicted octanol–water partition coefficient (Wildman–Crippen LogP) is 0.882. The lowest BCUT2D eigenvalue weighted by atomic mass is 10.1. The molecule has 70 valence electrons. The van der Waals surface area contributed by atoms with E-state index < -0.39 is 5.95 Å². The van der Waals surface area contributed by atoms with E-state index in [-0.39, 0.29) is 6.04 Å². The Morgan fingerprint density at radius 3 is 3.23 bits per heavy atom. The second-order valence-electron chi connectivity index (χ2n) is 2.97. The molecule has 0 aliphatic carbocycles. The Hall–Kier alpha value is -1.00. The van der Waals surface area contributed by atoms with Crippen molar-refractivity contribution in [3.05, 3.63) is 29.8 Å². The molecule has 1 N–H and O–H groups in total. The molecule has 1 fully saturated rings. The van der Waals surface area contributed by atoms with E-state index in [1.54, 1.807) is 12.1 Å². The molecule has 1 atom stereocenters. The maximum atomic E-state index is 13.2. The normalized spacial score (nSPS) is 23.0. The standard InChI is InChI=1S/C9H11FN2O/c10-9-7(2-1-3-12-9)8-6-13-5-4-11-8/h1-3,8,11H,4-6H2/t8-/m0/s1. The molecule has 0 spiro atoms. The molecule has 13 heavy (non-hydrogen) atoms. The minimum atomic E-state index is -0.412. The summed E-state index contributed by atoms with van der Waals surface area (Å²) in [6.07, 6.45) is 1.45. The zero-order chi connectivity index (χ0) is 9.10. The number of halogens is 1. The summed E-state index contributed by atoms with van der Waals surface area (Å²) < 4.78 is 18.4. The van der Waals surface area contributed by atoms with Gasteiger partial charge in [-0.1, -0.05) is 6.07 Å². The number of pyridine rings is 1. The lowest BCUT2D eigenvalue weighted by Gasteiger charge is -2.23. The zero-order valence-electron chi connectivity index (χ0n) is 7.16. The van der Waals surface area contributed by atoms with Gasteiger partial charge in [0.1, 0.15) is 0 Å². The lowest BCUT2D eigenvalue weighted by Crippen LogP contribution is -2.35. The number of aromatic nitrogens is 1. The van der Waals surface area contributed by atoms with Crippen LogP contribution < -0.4 is 5.32 Å². The molecule has 1 aromatic heterocycles. The molecule has 1 saturated heterocycles. The molecule has 1 aliphatic heterocycles. The van der Waals surface area contributed by atoms with Gasteiger partial charge in [-0.05, 0) is 6.07 Å². The van der Waals surface area contributed by atoms with Crippen molar-refractivity contribution >= 4 is 0 Å². The first-order chi connectivity index (χ1) is 6.38. The van der Waals surface area contributed by atoms with Crippen LogP contribution in [0.5, 0.6) is 0 Å². The van der Waals surface area contributed by atoms with Gasteiger partial charge in [0.2, 0.25) is 5.95 Å². The minimum absolute atomic E-state index is 0.0533. The van der Waals surface area contributed by atoms with Crippen molar-refractivity contribution in [2.75, 3.05) is 19.8 Å². The van der Waals surface area contributed by atoms with Crippen molar-refractivity contribution in [3.63, 3.8) is 0 Å². The van der Waals surface area contributed by atoms with Gasteiger partial charge >= 0.3 is 0 Å². The number of morpholine rings is 1. The number of nitrogens with zero attached hydrogens (tertiary/aromatic N) is 1. The Balaban J connectivity index is 2.18. The van der Waals surface area contributed by atoms with Crippen LogP contribution in [0.15, 0.2) is 18.3 Å². The topological polar surface area (TPSA) is 34.1 Å². The highest BCUT2D eigenvalue weighted by atomic mass is 19.1. The first-order valence-corrected chi connectivity index (χ1v) is 4.29. The monoisotopic (exact) mass is 182 g/mol. The highest BCUT2D eigenvalue weighted by Crippen LogP contribution is 2.16. The summed E-state index contributed by atoms with van der Waals surface area (Å²) in [5, 5.41) is 3.17. The first-order valence-electron chi connectivity index (χ1n) is 4.29. The molecule has 0 amide bonds. The molecule has 2 rings (SSSR count). The van der Waals surface area contributed by atoms with E-state index in [1.165, 1.54) is 6.20 Å². The van der Waals surface area contributed by atoms with Gasteiger partial charge in [-0.3, -0.25) is 0 Å². The molecule has 4 heteroatoms. The van der Waals surface area contributed by atoms with Gasteiger partial charge in [-0.2, -0.15) is 4.39 Å². The third-order valence-corrected chi connectivity index (χ3v) is 2.09. The Morgan fingerprint density at radius 2 is 2.54 bits per heavy atom. The van der Waals surface area contributed by atoms with Crippen LogP contribution in [0.3, 0.4) is 0 Å². The van der Waals surface area contributed by atoms with Crippen LogP contribution in [-0.4, -0.2) is 24.7 Å². The average Bonchev–Trinajstić information content (AvgIpc) is 2.20. The van der Waals surface area contributed by atoms with Crippen molar-refractivity contribution in [2.45, 2.75) is 6.04 Å². The maximum Gasteiger partial charge on any atom is 0.217 e. The smallest absolute Gasteiger partial charge is 0.217 e. The second-order valence-corrected chi connectivity index (χ2v) is 2.97. The molecule has 0 bridgehead atoms. The highest BCUT2D eigenvalue weighted by Gasteiger charge is 2.18. The van der Waals surface area contributed by atoms with E-state index in [1.807, 2.05) is 0 Å². The zero-order valence-corrected chi connectivity index (χ0v) is 7.16. The SMILES string of the molecule is Fc1ncccc1[C@@H]1COCCN1. The summed E-state index contributed by atoms with van der Waals surface area (Å²) >= 11 is 0. The van der Waals surface area contributed by atoms with E-state index in [2.05, 4.69) is 10.3 Å². The lowest BCUT2D eigenvalue weighted by molar-refractivity contribution is 0.0755. The van der Waals surface area contributed by atoms with Crippen molar-refractivity contribution in [3.8, 4) is 0 Å². The van der Waals surface area contributed by atoms with Crippen LogP contribution in [-0.2, 0) is 4.74 Å². The average molecular weight is 182 g/mol. The largest absolute Gasteiger partial charge is 0.378 e. The van der Waals surface area contributed by atoms with Crippen LogP contribution in [0.2, 0.25) is 0 Å². The fraction of sp³-hybridized carbons (Fsp3) is 0.444. The molecule has 1 aromatic rings. The Labute approximate surface area is 75.9 Å². The number of hydrogen-bond acceptors (Lipinski definition) is 3. The van der Waals surface area contributed by atoms with Crippen LogP contribution >= 0.6 is 0 Å². The van der Waals surface area contributed by atoms with Gasteiger partial charge in [0, 0.05) is 18.3 Å². The molecule has 0 unspecified atom stereocenters. The quantitative estimate of drug-likeness (QED) is 0.655. The molecule has 0 radical (unpaired) electrons. The first kappa shape index (κ1) is 8.59. The van der Waals surface area contributed by atoms with Crippen LogP contribution in [0, 0.1) is 5.95 Å². The van der Waals surface area contributed by atoms with Gasteiger partial charge in [-0.25, -0.2) is 4.98 Å². The van der Waals surface area contributed by atoms with E-state index in [9.17, 15) is 4.39 Å². The summed E-state index contributed by atoms with van der Waals surface area (Å²) in [5.74, 6) is -0.412. The minimum Gasteiger partial charge on any atom is -0.378 e. The Kier molecular flexibility index (Phi) is 2.52. The van der Waals surface area contributed by atoms with E-state index >= 15 is 0 Å². The Morgan fingerprint density at radius 1 is 1.62 bits per heavy atom. The van der Waals surface area contributed by atoms with Crippen LogP contribution in [0.4, 0.5) is 4.39 Å². The van der Waals surface area contributed by atoms with Crippen LogP contribution in [0.1, 0.15) is 11.6 Å². The van der Waals surface area contributed by atoms with Crippen molar-refractivity contribution in [1.29, 1.82) is 0 Å². The second kappa shape index (κ2) is 3.81. The molecular weight excluding hydrogens is 171 g/mol. The summed E-state index contributed by atoms with van der Waals surface area (Å²) in [6, 6.07) is 3.41. The fourth-order valence-electron chi connectivity index (χ4n) is 1.42. The highest BCUT2D eigenvalue weighted by molar-refractivity contribution is 5.16. The Bertz CT molecular complexity index is 287. The fourth-order valence-corrected chi connectivity index (χ4v) is 1.42.